The minimum absolute atomic E-state index is 0.367. The molecule has 0 aliphatic carbocycles. The Hall–Kier alpha value is -1.49. The second-order valence-electron chi connectivity index (χ2n) is 3.88. The van der Waals surface area contributed by atoms with Crippen LogP contribution in [0.25, 0.3) is 23.9 Å². The third kappa shape index (κ3) is 1.61. The molecule has 0 atom stereocenters. The summed E-state index contributed by atoms with van der Waals surface area (Å²) in [4.78, 5) is 0. The molecule has 0 spiro atoms. The van der Waals surface area contributed by atoms with Crippen LogP contribution in [0.5, 0.6) is 0 Å². The van der Waals surface area contributed by atoms with Crippen LogP contribution in [-0.4, -0.2) is 0 Å². The van der Waals surface area contributed by atoms with Gasteiger partial charge in [0, 0.05) is 5.39 Å². The van der Waals surface area contributed by atoms with Gasteiger partial charge in [0.1, 0.15) is 0 Å². The number of hydrogen-bond donors (Lipinski definition) is 0. The number of hydrogen-bond acceptors (Lipinski definition) is 1. The Morgan fingerprint density at radius 3 is 2.12 bits per heavy atom. The van der Waals surface area contributed by atoms with E-state index in [1.165, 1.54) is 0 Å². The molecule has 0 bridgehead atoms. The zero-order valence-electron chi connectivity index (χ0n) is 9.27. The second kappa shape index (κ2) is 4.07. The van der Waals surface area contributed by atoms with Crippen molar-refractivity contribution in [1.82, 2.24) is 0 Å². The molecule has 0 saturated heterocycles. The lowest BCUT2D eigenvalue weighted by molar-refractivity contribution is 1.46. The highest BCUT2D eigenvalue weighted by atomic mass is 35.5. The second-order valence-corrected chi connectivity index (χ2v) is 4.63. The molecule has 3 heteroatoms. The molecule has 2 aromatic rings. The SMILES string of the molecule is C=c1c(Cl)c(Cl)c(=C)c2c(C#N)ccc(C)c12. The quantitative estimate of drug-likeness (QED) is 0.715. The van der Waals surface area contributed by atoms with E-state index in [-0.39, 0.29) is 0 Å². The molecule has 0 unspecified atom stereocenters. The van der Waals surface area contributed by atoms with Crippen molar-refractivity contribution in [1.29, 1.82) is 5.26 Å². The van der Waals surface area contributed by atoms with E-state index >= 15 is 0 Å². The van der Waals surface area contributed by atoms with Gasteiger partial charge in [0.15, 0.2) is 0 Å². The number of fused-ring (bicyclic) bond motifs is 1. The molecular weight excluding hydrogens is 253 g/mol. The van der Waals surface area contributed by atoms with E-state index in [9.17, 15) is 0 Å². The summed E-state index contributed by atoms with van der Waals surface area (Å²) in [6, 6.07) is 5.78. The molecule has 84 valence electrons. The Balaban J connectivity index is 3.29. The van der Waals surface area contributed by atoms with Crippen molar-refractivity contribution >= 4 is 47.1 Å². The number of nitriles is 1. The van der Waals surface area contributed by atoms with Gasteiger partial charge in [-0.2, -0.15) is 5.26 Å². The Morgan fingerprint density at radius 1 is 1.06 bits per heavy atom. The predicted molar refractivity (Wildman–Crippen MR) is 73.7 cm³/mol. The highest BCUT2D eigenvalue weighted by Gasteiger charge is 2.11. The van der Waals surface area contributed by atoms with E-state index in [4.69, 9.17) is 28.5 Å². The van der Waals surface area contributed by atoms with Crippen molar-refractivity contribution in [2.75, 3.05) is 0 Å². The van der Waals surface area contributed by atoms with Gasteiger partial charge >= 0.3 is 0 Å². The molecule has 0 N–H and O–H groups in total. The monoisotopic (exact) mass is 261 g/mol. The van der Waals surface area contributed by atoms with Crippen molar-refractivity contribution in [3.05, 3.63) is 43.7 Å². The molecule has 0 aliphatic rings. The number of nitrogens with zero attached hydrogens (tertiary/aromatic N) is 1. The highest BCUT2D eigenvalue weighted by Crippen LogP contribution is 2.22. The van der Waals surface area contributed by atoms with E-state index in [0.29, 0.717) is 26.0 Å². The first-order valence-electron chi connectivity index (χ1n) is 4.97. The summed E-state index contributed by atoms with van der Waals surface area (Å²) in [6.45, 7) is 9.78. The standard InChI is InChI=1S/C14H9Cl2N/c1-7-4-5-10(6-17)12-9(3)14(16)13(15)8(2)11(7)12/h4-5H,2-3H2,1H3. The molecule has 0 aliphatic heterocycles. The zero-order valence-corrected chi connectivity index (χ0v) is 10.8. The van der Waals surface area contributed by atoms with Gasteiger partial charge in [-0.05, 0) is 34.4 Å². The van der Waals surface area contributed by atoms with Gasteiger partial charge in [-0.1, -0.05) is 42.4 Å². The van der Waals surface area contributed by atoms with Gasteiger partial charge < -0.3 is 0 Å². The molecule has 2 aromatic carbocycles. The Bertz CT molecular complexity index is 770. The van der Waals surface area contributed by atoms with Crippen LogP contribution >= 0.6 is 23.2 Å². The Morgan fingerprint density at radius 2 is 1.59 bits per heavy atom. The third-order valence-electron chi connectivity index (χ3n) is 2.86. The van der Waals surface area contributed by atoms with Gasteiger partial charge in [0.05, 0.1) is 21.7 Å². The fraction of sp³-hybridized carbons (Fsp3) is 0.0714. The Labute approximate surface area is 109 Å². The van der Waals surface area contributed by atoms with Crippen molar-refractivity contribution in [2.24, 2.45) is 0 Å². The summed E-state index contributed by atoms with van der Waals surface area (Å²) < 4.78 is 0. The van der Waals surface area contributed by atoms with Crippen molar-refractivity contribution < 1.29 is 0 Å². The van der Waals surface area contributed by atoms with Gasteiger partial charge in [-0.15, -0.1) is 0 Å². The summed E-state index contributed by atoms with van der Waals surface area (Å²) in [5.74, 6) is 0. The van der Waals surface area contributed by atoms with Crippen molar-refractivity contribution in [3.63, 3.8) is 0 Å². The average Bonchev–Trinajstić information content (AvgIpc) is 2.33. The topological polar surface area (TPSA) is 23.8 Å². The highest BCUT2D eigenvalue weighted by molar-refractivity contribution is 6.43. The number of halogens is 2. The van der Waals surface area contributed by atoms with Crippen LogP contribution in [0.3, 0.4) is 0 Å². The van der Waals surface area contributed by atoms with Crippen LogP contribution in [-0.2, 0) is 0 Å². The van der Waals surface area contributed by atoms with Crippen LogP contribution in [0, 0.1) is 18.3 Å². The summed E-state index contributed by atoms with van der Waals surface area (Å²) in [5, 5.41) is 12.7. The number of aryl methyl sites for hydroxylation is 1. The maximum atomic E-state index is 9.13. The van der Waals surface area contributed by atoms with Crippen LogP contribution in [0.1, 0.15) is 11.1 Å². The molecule has 0 amide bonds. The van der Waals surface area contributed by atoms with Crippen LogP contribution in [0.15, 0.2) is 12.1 Å². The van der Waals surface area contributed by atoms with Gasteiger partial charge in [-0.3, -0.25) is 0 Å². The number of rotatable bonds is 0. The first-order chi connectivity index (χ1) is 7.99. The maximum absolute atomic E-state index is 9.13. The number of benzene rings is 2. The molecule has 17 heavy (non-hydrogen) atoms. The molecule has 0 fully saturated rings. The van der Waals surface area contributed by atoms with Gasteiger partial charge in [0.2, 0.25) is 0 Å². The molecule has 0 aromatic heterocycles. The lowest BCUT2D eigenvalue weighted by atomic mass is 9.98. The molecule has 2 rings (SSSR count). The van der Waals surface area contributed by atoms with Crippen LogP contribution < -0.4 is 10.4 Å². The van der Waals surface area contributed by atoms with E-state index < -0.39 is 0 Å². The van der Waals surface area contributed by atoms with Crippen molar-refractivity contribution in [2.45, 2.75) is 6.92 Å². The third-order valence-corrected chi connectivity index (χ3v) is 3.79. The predicted octanol–water partition coefficient (Wildman–Crippen LogP) is 3.15. The summed E-state index contributed by atoms with van der Waals surface area (Å²) in [6.07, 6.45) is 0. The molecule has 0 radical (unpaired) electrons. The van der Waals surface area contributed by atoms with E-state index in [1.54, 1.807) is 6.07 Å². The summed E-state index contributed by atoms with van der Waals surface area (Å²) in [5.41, 5.74) is 1.55. The summed E-state index contributed by atoms with van der Waals surface area (Å²) >= 11 is 12.2. The van der Waals surface area contributed by atoms with Crippen LogP contribution in [0.4, 0.5) is 0 Å². The zero-order chi connectivity index (χ0) is 12.7. The fourth-order valence-corrected chi connectivity index (χ4v) is 2.40. The Kier molecular flexibility index (Phi) is 2.87. The molecular formula is C14H9Cl2N. The van der Waals surface area contributed by atoms with Crippen LogP contribution in [0.2, 0.25) is 10.0 Å². The lowest BCUT2D eigenvalue weighted by Gasteiger charge is -2.09. The smallest absolute Gasteiger partial charge is 0.0998 e. The minimum Gasteiger partial charge on any atom is -0.192 e. The van der Waals surface area contributed by atoms with E-state index in [1.807, 2.05) is 13.0 Å². The normalized spacial score (nSPS) is 10.5. The van der Waals surface area contributed by atoms with Gasteiger partial charge in [-0.25, -0.2) is 0 Å². The first kappa shape index (κ1) is 12.0. The summed E-state index contributed by atoms with van der Waals surface area (Å²) in [7, 11) is 0. The lowest BCUT2D eigenvalue weighted by Crippen LogP contribution is -2.15. The largest absolute Gasteiger partial charge is 0.192 e. The fourth-order valence-electron chi connectivity index (χ4n) is 1.99. The average molecular weight is 262 g/mol. The minimum atomic E-state index is 0.367. The van der Waals surface area contributed by atoms with Crippen molar-refractivity contribution in [3.8, 4) is 6.07 Å². The first-order valence-corrected chi connectivity index (χ1v) is 5.73. The molecule has 1 nitrogen and oxygen atoms in total. The molecule has 0 saturated carbocycles. The molecule has 0 heterocycles. The van der Waals surface area contributed by atoms with E-state index in [0.717, 1.165) is 16.3 Å². The maximum Gasteiger partial charge on any atom is 0.0998 e. The van der Waals surface area contributed by atoms with E-state index in [2.05, 4.69) is 19.2 Å². The van der Waals surface area contributed by atoms with Gasteiger partial charge in [0.25, 0.3) is 0 Å².